The lowest BCUT2D eigenvalue weighted by molar-refractivity contribution is -0.412. The van der Waals surface area contributed by atoms with Crippen LogP contribution in [0.4, 0.5) is 49.6 Å². The molecule has 1 heterocycles. The Balaban J connectivity index is 2.57. The number of nitrogens with zero attached hydrogens (tertiary/aromatic N) is 2. The van der Waals surface area contributed by atoms with E-state index in [-0.39, 0.29) is 6.29 Å². The van der Waals surface area contributed by atoms with Crippen LogP contribution in [0.15, 0.2) is 18.2 Å². The van der Waals surface area contributed by atoms with Gasteiger partial charge in [0.15, 0.2) is 6.67 Å². The number of aldehydes is 1. The van der Waals surface area contributed by atoms with Crippen molar-refractivity contribution >= 4 is 12.0 Å². The monoisotopic (exact) mass is 508 g/mol. The van der Waals surface area contributed by atoms with Crippen LogP contribution in [0.1, 0.15) is 31.9 Å². The van der Waals surface area contributed by atoms with Crippen LogP contribution in [0.5, 0.6) is 0 Å². The predicted molar refractivity (Wildman–Crippen MR) is 97.4 cm³/mol. The first-order chi connectivity index (χ1) is 15.2. The highest BCUT2D eigenvalue weighted by atomic mass is 19.4. The van der Waals surface area contributed by atoms with Gasteiger partial charge in [0.1, 0.15) is 11.8 Å². The lowest BCUT2D eigenvalue weighted by atomic mass is 9.73. The minimum atomic E-state index is -6.28. The molecule has 2 rings (SSSR count). The molecule has 1 fully saturated rings. The summed E-state index contributed by atoms with van der Waals surface area (Å²) in [4.78, 5) is 12.8. The summed E-state index contributed by atoms with van der Waals surface area (Å²) in [7, 11) is 0. The zero-order chi connectivity index (χ0) is 26.5. The third kappa shape index (κ3) is 4.08. The van der Waals surface area contributed by atoms with E-state index in [9.17, 15) is 48.7 Å². The summed E-state index contributed by atoms with van der Waals surface area (Å²) in [5.74, 6) is -12.1. The van der Waals surface area contributed by atoms with Crippen molar-refractivity contribution in [2.45, 2.75) is 56.5 Å². The second-order valence-electron chi connectivity index (χ2n) is 8.47. The molecule has 0 N–H and O–H groups in total. The van der Waals surface area contributed by atoms with Crippen molar-refractivity contribution in [1.82, 2.24) is 0 Å². The molecule has 0 saturated carbocycles. The van der Waals surface area contributed by atoms with Crippen LogP contribution in [0.25, 0.3) is 0 Å². The van der Waals surface area contributed by atoms with E-state index < -0.39 is 71.2 Å². The van der Waals surface area contributed by atoms with Gasteiger partial charge in [-0.25, -0.2) is 4.39 Å². The molecular formula is C20H18F10N2O2. The standard InChI is InChI=1S/C20H18F10N2O2/c1-15(2)14(34-20(29,30)19(27,28)17(22,23)9-21)8-32(16(15,3)10-33)12-5-4-11(7-31)13(6-12)18(24,25)26/h4-6,10,14H,8-9H2,1-3H3. The number of benzene rings is 1. The van der Waals surface area contributed by atoms with E-state index in [2.05, 4.69) is 4.74 Å². The van der Waals surface area contributed by atoms with Crippen LogP contribution in [0.2, 0.25) is 0 Å². The maximum atomic E-state index is 14.2. The van der Waals surface area contributed by atoms with Crippen LogP contribution in [-0.4, -0.2) is 49.1 Å². The SMILES string of the molecule is CC1(C)C(OC(F)(F)C(F)(F)C(F)(F)CF)CN(c2ccc(C#N)c(C(F)(F)F)c2)C1(C)C=O. The molecule has 1 aromatic carbocycles. The highest BCUT2D eigenvalue weighted by Gasteiger charge is 2.75. The van der Waals surface area contributed by atoms with E-state index in [1.54, 1.807) is 0 Å². The molecule has 1 aliphatic rings. The normalized spacial score (nSPS) is 23.6. The predicted octanol–water partition coefficient (Wildman–Crippen LogP) is 5.60. The molecule has 2 unspecified atom stereocenters. The number of hydrogen-bond acceptors (Lipinski definition) is 4. The third-order valence-corrected chi connectivity index (χ3v) is 6.27. The van der Waals surface area contributed by atoms with Gasteiger partial charge in [-0.3, -0.25) is 0 Å². The number of anilines is 1. The van der Waals surface area contributed by atoms with Crippen LogP contribution >= 0.6 is 0 Å². The largest absolute Gasteiger partial charge is 0.426 e. The van der Waals surface area contributed by atoms with Crippen LogP contribution in [-0.2, 0) is 15.7 Å². The van der Waals surface area contributed by atoms with E-state index in [4.69, 9.17) is 5.26 Å². The van der Waals surface area contributed by atoms with Crippen LogP contribution in [0.3, 0.4) is 0 Å². The number of rotatable bonds is 7. The molecule has 4 nitrogen and oxygen atoms in total. The Morgan fingerprint density at radius 1 is 1.12 bits per heavy atom. The molecule has 14 heteroatoms. The summed E-state index contributed by atoms with van der Waals surface area (Å²) in [6.45, 7) is -0.750. The highest BCUT2D eigenvalue weighted by Crippen LogP contribution is 2.53. The van der Waals surface area contributed by atoms with Crippen molar-refractivity contribution in [3.63, 3.8) is 0 Å². The van der Waals surface area contributed by atoms with Gasteiger partial charge in [0.05, 0.1) is 23.3 Å². The molecule has 0 radical (unpaired) electrons. The Morgan fingerprint density at radius 2 is 1.68 bits per heavy atom. The molecule has 1 saturated heterocycles. The summed E-state index contributed by atoms with van der Waals surface area (Å²) in [6, 6.07) is 3.52. The lowest BCUT2D eigenvalue weighted by Gasteiger charge is -2.42. The zero-order valence-electron chi connectivity index (χ0n) is 17.8. The Labute approximate surface area is 187 Å². The number of nitriles is 1. The van der Waals surface area contributed by atoms with Crippen LogP contribution < -0.4 is 4.90 Å². The Kier molecular flexibility index (Phi) is 6.74. The second-order valence-corrected chi connectivity index (χ2v) is 8.47. The van der Waals surface area contributed by atoms with Crippen molar-refractivity contribution in [2.24, 2.45) is 5.41 Å². The van der Waals surface area contributed by atoms with Gasteiger partial charge in [0.25, 0.3) is 0 Å². The minimum absolute atomic E-state index is 0.161. The summed E-state index contributed by atoms with van der Waals surface area (Å²) in [5, 5.41) is 8.92. The van der Waals surface area contributed by atoms with Crippen molar-refractivity contribution in [3.8, 4) is 6.07 Å². The first kappa shape index (κ1) is 27.7. The number of carbonyl (C=O) groups excluding carboxylic acids is 1. The van der Waals surface area contributed by atoms with E-state index >= 15 is 0 Å². The van der Waals surface area contributed by atoms with E-state index in [0.717, 1.165) is 37.8 Å². The molecule has 34 heavy (non-hydrogen) atoms. The number of halogens is 10. The van der Waals surface area contributed by atoms with Crippen molar-refractivity contribution in [2.75, 3.05) is 18.1 Å². The lowest BCUT2D eigenvalue weighted by Crippen LogP contribution is -2.59. The van der Waals surface area contributed by atoms with Gasteiger partial charge in [-0.2, -0.15) is 44.8 Å². The molecule has 190 valence electrons. The summed E-state index contributed by atoms with van der Waals surface area (Å²) < 4.78 is 139. The average Bonchev–Trinajstić information content (AvgIpc) is 2.92. The fraction of sp³-hybridized carbons (Fsp3) is 0.600. The second kappa shape index (κ2) is 8.28. The van der Waals surface area contributed by atoms with Gasteiger partial charge in [0, 0.05) is 17.6 Å². The molecule has 1 aliphatic heterocycles. The van der Waals surface area contributed by atoms with Gasteiger partial charge >= 0.3 is 24.1 Å². The third-order valence-electron chi connectivity index (χ3n) is 6.27. The van der Waals surface area contributed by atoms with Crippen molar-refractivity contribution in [1.29, 1.82) is 5.26 Å². The molecule has 0 bridgehead atoms. The molecule has 0 aliphatic carbocycles. The fourth-order valence-corrected chi connectivity index (χ4v) is 3.61. The smallest absolute Gasteiger partial charge is 0.356 e. The first-order valence-corrected chi connectivity index (χ1v) is 9.46. The average molecular weight is 508 g/mol. The molecule has 1 aromatic rings. The van der Waals surface area contributed by atoms with Gasteiger partial charge < -0.3 is 14.4 Å². The van der Waals surface area contributed by atoms with Gasteiger partial charge in [0.2, 0.25) is 0 Å². The molecule has 0 amide bonds. The highest BCUT2D eigenvalue weighted by molar-refractivity contribution is 5.76. The maximum Gasteiger partial charge on any atom is 0.426 e. The quantitative estimate of drug-likeness (QED) is 0.356. The maximum absolute atomic E-state index is 14.2. The molecule has 2 atom stereocenters. The van der Waals surface area contributed by atoms with Crippen molar-refractivity contribution < 1.29 is 53.4 Å². The summed E-state index contributed by atoms with van der Waals surface area (Å²) in [5.41, 5.74) is -6.41. The van der Waals surface area contributed by atoms with Gasteiger partial charge in [-0.05, 0) is 25.1 Å². The van der Waals surface area contributed by atoms with Gasteiger partial charge in [-0.1, -0.05) is 13.8 Å². The fourth-order valence-electron chi connectivity index (χ4n) is 3.61. The zero-order valence-corrected chi connectivity index (χ0v) is 17.8. The Hall–Kier alpha value is -2.56. The number of carbonyl (C=O) groups is 1. The van der Waals surface area contributed by atoms with E-state index in [1.165, 1.54) is 6.07 Å². The molecule has 0 spiro atoms. The molecular weight excluding hydrogens is 490 g/mol. The Bertz CT molecular complexity index is 987. The van der Waals surface area contributed by atoms with Gasteiger partial charge in [-0.15, -0.1) is 0 Å². The first-order valence-electron chi connectivity index (χ1n) is 9.46. The number of ether oxygens (including phenoxy) is 1. The summed E-state index contributed by atoms with van der Waals surface area (Å²) >= 11 is 0. The summed E-state index contributed by atoms with van der Waals surface area (Å²) in [6.07, 6.45) is -12.9. The topological polar surface area (TPSA) is 53.3 Å². The van der Waals surface area contributed by atoms with E-state index in [0.29, 0.717) is 6.07 Å². The minimum Gasteiger partial charge on any atom is -0.356 e. The van der Waals surface area contributed by atoms with Crippen molar-refractivity contribution in [3.05, 3.63) is 29.3 Å². The van der Waals surface area contributed by atoms with E-state index in [1.807, 2.05) is 0 Å². The number of hydrogen-bond donors (Lipinski definition) is 0. The number of alkyl halides is 10. The molecule has 0 aromatic heterocycles. The van der Waals surface area contributed by atoms with Crippen LogP contribution in [0, 0.1) is 16.7 Å². The Morgan fingerprint density at radius 3 is 2.12 bits per heavy atom.